The standard InChI is InChI=1S/C19H22N2O7/c1-11-8-20(17-7-13(23)16(10-22)28-17)19(26)21(18(11)25)9-14(24)12-5-3-4-6-15(12)27-2/h3-6,8,13,16-17,22-23H,7,9-10H2,1-2H3/t13-,16+,17+/m0/s1. The molecule has 28 heavy (non-hydrogen) atoms. The smallest absolute Gasteiger partial charge is 0.333 e. The van der Waals surface area contributed by atoms with E-state index in [0.717, 1.165) is 4.57 Å². The fraction of sp³-hybridized carbons (Fsp3) is 0.421. The van der Waals surface area contributed by atoms with Crippen LogP contribution in [0.5, 0.6) is 5.75 Å². The zero-order valence-electron chi connectivity index (χ0n) is 15.6. The van der Waals surface area contributed by atoms with Crippen LogP contribution in [0.15, 0.2) is 40.1 Å². The molecule has 1 aliphatic heterocycles. The number of nitrogens with zero attached hydrogens (tertiary/aromatic N) is 2. The predicted molar refractivity (Wildman–Crippen MR) is 98.6 cm³/mol. The zero-order valence-corrected chi connectivity index (χ0v) is 15.6. The number of aliphatic hydroxyl groups excluding tert-OH is 2. The lowest BCUT2D eigenvalue weighted by molar-refractivity contribution is -0.0463. The summed E-state index contributed by atoms with van der Waals surface area (Å²) in [5.74, 6) is -0.101. The Balaban J connectivity index is 1.98. The molecular weight excluding hydrogens is 368 g/mol. The van der Waals surface area contributed by atoms with Gasteiger partial charge in [0, 0.05) is 18.2 Å². The van der Waals surface area contributed by atoms with Crippen molar-refractivity contribution < 1.29 is 24.5 Å². The van der Waals surface area contributed by atoms with Crippen molar-refractivity contribution in [3.05, 3.63) is 62.4 Å². The van der Waals surface area contributed by atoms with Gasteiger partial charge in [0.05, 0.1) is 31.9 Å². The second-order valence-corrected chi connectivity index (χ2v) is 6.63. The minimum Gasteiger partial charge on any atom is -0.496 e. The van der Waals surface area contributed by atoms with Crippen LogP contribution in [0.4, 0.5) is 0 Å². The molecule has 1 fully saturated rings. The van der Waals surface area contributed by atoms with Crippen LogP contribution in [0.25, 0.3) is 0 Å². The number of ketones is 1. The second kappa shape index (κ2) is 8.09. The highest BCUT2D eigenvalue weighted by molar-refractivity contribution is 5.98. The number of aromatic nitrogens is 2. The highest BCUT2D eigenvalue weighted by atomic mass is 16.5. The molecule has 0 unspecified atom stereocenters. The topological polar surface area (TPSA) is 120 Å². The van der Waals surface area contributed by atoms with Gasteiger partial charge in [-0.15, -0.1) is 0 Å². The Hall–Kier alpha value is -2.75. The highest BCUT2D eigenvalue weighted by Gasteiger charge is 2.35. The molecule has 1 aromatic carbocycles. The van der Waals surface area contributed by atoms with Crippen molar-refractivity contribution in [3.63, 3.8) is 0 Å². The van der Waals surface area contributed by atoms with Gasteiger partial charge in [-0.3, -0.25) is 18.7 Å². The van der Waals surface area contributed by atoms with E-state index in [1.807, 2.05) is 0 Å². The fourth-order valence-electron chi connectivity index (χ4n) is 3.26. The van der Waals surface area contributed by atoms with Gasteiger partial charge in [0.1, 0.15) is 18.1 Å². The van der Waals surface area contributed by atoms with E-state index in [9.17, 15) is 24.6 Å². The van der Waals surface area contributed by atoms with E-state index >= 15 is 0 Å². The minimum atomic E-state index is -0.933. The van der Waals surface area contributed by atoms with E-state index in [1.54, 1.807) is 24.3 Å². The lowest BCUT2D eigenvalue weighted by Crippen LogP contribution is -2.43. The molecule has 9 nitrogen and oxygen atoms in total. The number of para-hydroxylation sites is 1. The summed E-state index contributed by atoms with van der Waals surface area (Å²) in [5, 5.41) is 19.2. The first-order valence-electron chi connectivity index (χ1n) is 8.80. The van der Waals surface area contributed by atoms with Gasteiger partial charge < -0.3 is 19.7 Å². The summed E-state index contributed by atoms with van der Waals surface area (Å²) in [6.45, 7) is 0.674. The van der Waals surface area contributed by atoms with Gasteiger partial charge in [-0.25, -0.2) is 4.79 Å². The molecule has 0 radical (unpaired) electrons. The van der Waals surface area contributed by atoms with Gasteiger partial charge in [0.15, 0.2) is 5.78 Å². The van der Waals surface area contributed by atoms with Crippen molar-refractivity contribution in [1.82, 2.24) is 9.13 Å². The predicted octanol–water partition coefficient (Wildman–Crippen LogP) is -0.149. The molecule has 2 heterocycles. The molecule has 2 aromatic rings. The molecule has 1 aliphatic rings. The third kappa shape index (κ3) is 3.64. The van der Waals surface area contributed by atoms with E-state index in [4.69, 9.17) is 9.47 Å². The molecular formula is C19H22N2O7. The van der Waals surface area contributed by atoms with E-state index < -0.39 is 48.6 Å². The van der Waals surface area contributed by atoms with Crippen LogP contribution in [0.1, 0.15) is 28.6 Å². The lowest BCUT2D eigenvalue weighted by Gasteiger charge is -2.17. The maximum Gasteiger partial charge on any atom is 0.333 e. The number of aliphatic hydroxyl groups is 2. The van der Waals surface area contributed by atoms with Gasteiger partial charge in [-0.2, -0.15) is 0 Å². The molecule has 3 atom stereocenters. The summed E-state index contributed by atoms with van der Waals surface area (Å²) in [5.41, 5.74) is -0.799. The van der Waals surface area contributed by atoms with Crippen LogP contribution in [-0.4, -0.2) is 51.1 Å². The SMILES string of the molecule is COc1ccccc1C(=O)Cn1c(=O)c(C)cn([C@H]2C[C@H](O)[C@@H](CO)O2)c1=O. The first-order chi connectivity index (χ1) is 13.4. The Kier molecular flexibility index (Phi) is 5.78. The average molecular weight is 390 g/mol. The molecule has 0 amide bonds. The molecule has 9 heteroatoms. The number of rotatable bonds is 6. The Bertz CT molecular complexity index is 995. The molecule has 0 spiro atoms. The first kappa shape index (κ1) is 20.0. The van der Waals surface area contributed by atoms with Crippen molar-refractivity contribution in [2.45, 2.75) is 38.3 Å². The third-order valence-corrected chi connectivity index (χ3v) is 4.77. The molecule has 2 N–H and O–H groups in total. The average Bonchev–Trinajstić information content (AvgIpc) is 3.08. The van der Waals surface area contributed by atoms with Crippen LogP contribution in [0.2, 0.25) is 0 Å². The number of carbonyl (C=O) groups excluding carboxylic acids is 1. The molecule has 3 rings (SSSR count). The summed E-state index contributed by atoms with van der Waals surface area (Å²) in [7, 11) is 1.43. The fourth-order valence-corrected chi connectivity index (χ4v) is 3.26. The number of methoxy groups -OCH3 is 1. The number of Topliss-reactive ketones (excluding diaryl/α,β-unsaturated/α-hetero) is 1. The molecule has 0 aliphatic carbocycles. The number of hydrogen-bond acceptors (Lipinski definition) is 7. The largest absolute Gasteiger partial charge is 0.496 e. The third-order valence-electron chi connectivity index (χ3n) is 4.77. The monoisotopic (exact) mass is 390 g/mol. The van der Waals surface area contributed by atoms with Gasteiger partial charge >= 0.3 is 5.69 Å². The van der Waals surface area contributed by atoms with E-state index in [2.05, 4.69) is 0 Å². The van der Waals surface area contributed by atoms with Crippen LogP contribution >= 0.6 is 0 Å². The number of carbonyl (C=O) groups is 1. The molecule has 1 saturated heterocycles. The Labute approximate surface area is 160 Å². The number of hydrogen-bond donors (Lipinski definition) is 2. The van der Waals surface area contributed by atoms with E-state index in [-0.39, 0.29) is 17.5 Å². The molecule has 1 aromatic heterocycles. The van der Waals surface area contributed by atoms with Gasteiger partial charge in [-0.1, -0.05) is 12.1 Å². The summed E-state index contributed by atoms with van der Waals surface area (Å²) in [6.07, 6.45) is -1.16. The molecule has 0 bridgehead atoms. The van der Waals surface area contributed by atoms with Crippen LogP contribution in [-0.2, 0) is 11.3 Å². The first-order valence-corrected chi connectivity index (χ1v) is 8.80. The molecule has 150 valence electrons. The number of benzene rings is 1. The number of ether oxygens (including phenoxy) is 2. The Morgan fingerprint density at radius 1 is 1.32 bits per heavy atom. The van der Waals surface area contributed by atoms with Crippen molar-refractivity contribution >= 4 is 5.78 Å². The van der Waals surface area contributed by atoms with Gasteiger partial charge in [0.25, 0.3) is 5.56 Å². The Morgan fingerprint density at radius 3 is 2.68 bits per heavy atom. The Morgan fingerprint density at radius 2 is 2.04 bits per heavy atom. The maximum absolute atomic E-state index is 12.9. The zero-order chi connectivity index (χ0) is 20.4. The van der Waals surface area contributed by atoms with Crippen LogP contribution in [0.3, 0.4) is 0 Å². The van der Waals surface area contributed by atoms with E-state index in [1.165, 1.54) is 24.8 Å². The normalized spacial score (nSPS) is 21.6. The quantitative estimate of drug-likeness (QED) is 0.658. The van der Waals surface area contributed by atoms with Gasteiger partial charge in [-0.05, 0) is 19.1 Å². The summed E-state index contributed by atoms with van der Waals surface area (Å²) in [4.78, 5) is 38.1. The van der Waals surface area contributed by atoms with Gasteiger partial charge in [0.2, 0.25) is 0 Å². The van der Waals surface area contributed by atoms with Crippen molar-refractivity contribution in [1.29, 1.82) is 0 Å². The minimum absolute atomic E-state index is 0.0865. The summed E-state index contributed by atoms with van der Waals surface area (Å²) >= 11 is 0. The summed E-state index contributed by atoms with van der Waals surface area (Å²) < 4.78 is 12.7. The highest BCUT2D eigenvalue weighted by Crippen LogP contribution is 2.27. The lowest BCUT2D eigenvalue weighted by atomic mass is 10.1. The van der Waals surface area contributed by atoms with Crippen molar-refractivity contribution in [2.75, 3.05) is 13.7 Å². The summed E-state index contributed by atoms with van der Waals surface area (Å²) in [6, 6.07) is 6.55. The van der Waals surface area contributed by atoms with Crippen LogP contribution in [0, 0.1) is 6.92 Å². The van der Waals surface area contributed by atoms with Crippen molar-refractivity contribution in [2.24, 2.45) is 0 Å². The second-order valence-electron chi connectivity index (χ2n) is 6.63. The molecule has 0 saturated carbocycles. The van der Waals surface area contributed by atoms with Crippen LogP contribution < -0.4 is 16.0 Å². The van der Waals surface area contributed by atoms with Crippen molar-refractivity contribution in [3.8, 4) is 5.75 Å². The number of aryl methyl sites for hydroxylation is 1. The maximum atomic E-state index is 12.9. The van der Waals surface area contributed by atoms with E-state index in [0.29, 0.717) is 5.75 Å².